The molecule has 1 N–H and O–H groups in total. The van der Waals surface area contributed by atoms with Crippen molar-refractivity contribution < 1.29 is 22.8 Å². The summed E-state index contributed by atoms with van der Waals surface area (Å²) >= 11 is 6.00. The molecule has 0 aliphatic carbocycles. The first kappa shape index (κ1) is 20.4. The Morgan fingerprint density at radius 1 is 1.00 bits per heavy atom. The van der Waals surface area contributed by atoms with Crippen LogP contribution in [0.25, 0.3) is 0 Å². The molecule has 0 unspecified atom stereocenters. The van der Waals surface area contributed by atoms with Crippen LogP contribution < -0.4 is 14.2 Å². The minimum Gasteiger partial charge on any atom is -0.497 e. The van der Waals surface area contributed by atoms with Gasteiger partial charge in [-0.15, -0.1) is 0 Å². The van der Waals surface area contributed by atoms with Crippen LogP contribution >= 0.6 is 11.6 Å². The standard InChI is InChI=1S/C19H15ClN2O6S/c1-27-15-6-8-16(9-7-15)28-19-10-5-13(20)11-18(19)21-29(25,26)17-4-2-3-14(12-17)22(23)24/h2-12,21H,1H3. The number of nitrogens with zero attached hydrogens (tertiary/aromatic N) is 1. The number of ether oxygens (including phenoxy) is 2. The lowest BCUT2D eigenvalue weighted by atomic mass is 10.3. The van der Waals surface area contributed by atoms with E-state index in [0.29, 0.717) is 11.5 Å². The molecule has 0 atom stereocenters. The van der Waals surface area contributed by atoms with Gasteiger partial charge in [0, 0.05) is 17.2 Å². The van der Waals surface area contributed by atoms with E-state index in [1.165, 1.54) is 37.4 Å². The minimum atomic E-state index is -4.12. The fraction of sp³-hybridized carbons (Fsp3) is 0.0526. The first-order valence-corrected chi connectivity index (χ1v) is 10.0. The molecule has 0 saturated carbocycles. The summed E-state index contributed by atoms with van der Waals surface area (Å²) in [5.41, 5.74) is -0.256. The Morgan fingerprint density at radius 3 is 2.34 bits per heavy atom. The fourth-order valence-corrected chi connectivity index (χ4v) is 3.68. The van der Waals surface area contributed by atoms with Crippen molar-refractivity contribution in [1.29, 1.82) is 0 Å². The van der Waals surface area contributed by atoms with Crippen molar-refractivity contribution in [3.63, 3.8) is 0 Å². The van der Waals surface area contributed by atoms with Crippen molar-refractivity contribution in [3.8, 4) is 17.2 Å². The Kier molecular flexibility index (Phi) is 5.90. The second kappa shape index (κ2) is 8.38. The highest BCUT2D eigenvalue weighted by atomic mass is 35.5. The molecule has 0 spiro atoms. The predicted octanol–water partition coefficient (Wildman–Crippen LogP) is 4.85. The maximum absolute atomic E-state index is 12.7. The number of sulfonamides is 1. The summed E-state index contributed by atoms with van der Waals surface area (Å²) in [5, 5.41) is 11.2. The normalized spacial score (nSPS) is 11.0. The van der Waals surface area contributed by atoms with Crippen LogP contribution in [0, 0.1) is 10.1 Å². The number of anilines is 1. The van der Waals surface area contributed by atoms with Gasteiger partial charge < -0.3 is 9.47 Å². The van der Waals surface area contributed by atoms with E-state index in [1.54, 1.807) is 30.3 Å². The second-order valence-corrected chi connectivity index (χ2v) is 7.90. The molecular weight excluding hydrogens is 420 g/mol. The summed E-state index contributed by atoms with van der Waals surface area (Å²) in [4.78, 5) is 10.00. The molecule has 0 bridgehead atoms. The first-order chi connectivity index (χ1) is 13.8. The summed E-state index contributed by atoms with van der Waals surface area (Å²) in [6.07, 6.45) is 0. The van der Waals surface area contributed by atoms with Crippen LogP contribution in [0.2, 0.25) is 5.02 Å². The minimum absolute atomic E-state index is 0.0832. The Balaban J connectivity index is 1.92. The zero-order chi connectivity index (χ0) is 21.0. The second-order valence-electron chi connectivity index (χ2n) is 5.78. The Bertz CT molecular complexity index is 1150. The van der Waals surface area contributed by atoms with Gasteiger partial charge in [0.05, 0.1) is 22.6 Å². The molecule has 0 heterocycles. The van der Waals surface area contributed by atoms with E-state index in [9.17, 15) is 18.5 Å². The Morgan fingerprint density at radius 2 is 1.69 bits per heavy atom. The van der Waals surface area contributed by atoms with Crippen molar-refractivity contribution >= 4 is 33.0 Å². The number of nitro groups is 1. The van der Waals surface area contributed by atoms with Gasteiger partial charge in [0.25, 0.3) is 15.7 Å². The fourth-order valence-electron chi connectivity index (χ4n) is 2.41. The number of methoxy groups -OCH3 is 1. The lowest BCUT2D eigenvalue weighted by molar-refractivity contribution is -0.385. The summed E-state index contributed by atoms with van der Waals surface area (Å²) in [6.45, 7) is 0. The third kappa shape index (κ3) is 4.95. The molecule has 0 aliphatic heterocycles. The molecule has 3 rings (SSSR count). The van der Waals surface area contributed by atoms with Crippen LogP contribution in [0.15, 0.2) is 71.6 Å². The molecule has 0 amide bonds. The predicted molar refractivity (Wildman–Crippen MR) is 108 cm³/mol. The molecule has 3 aromatic rings. The summed E-state index contributed by atoms with van der Waals surface area (Å²) in [6, 6.07) is 15.9. The average molecular weight is 435 g/mol. The molecule has 0 radical (unpaired) electrons. The van der Waals surface area contributed by atoms with Crippen molar-refractivity contribution in [2.75, 3.05) is 11.8 Å². The van der Waals surface area contributed by atoms with Gasteiger partial charge in [0.2, 0.25) is 0 Å². The third-order valence-electron chi connectivity index (χ3n) is 3.81. The number of rotatable bonds is 7. The number of hydrogen-bond acceptors (Lipinski definition) is 6. The van der Waals surface area contributed by atoms with Gasteiger partial charge in [0.1, 0.15) is 11.5 Å². The molecule has 0 aromatic heterocycles. The number of nitrogens with one attached hydrogen (secondary N) is 1. The Hall–Kier alpha value is -3.30. The number of nitro benzene ring substituents is 1. The Labute approximate surface area is 171 Å². The molecule has 150 valence electrons. The zero-order valence-corrected chi connectivity index (χ0v) is 16.6. The van der Waals surface area contributed by atoms with Gasteiger partial charge in [-0.3, -0.25) is 14.8 Å². The van der Waals surface area contributed by atoms with Crippen LogP contribution in [0.1, 0.15) is 0 Å². The van der Waals surface area contributed by atoms with E-state index < -0.39 is 14.9 Å². The van der Waals surface area contributed by atoms with Gasteiger partial charge in [-0.05, 0) is 48.5 Å². The maximum Gasteiger partial charge on any atom is 0.270 e. The molecule has 3 aromatic carbocycles. The summed E-state index contributed by atoms with van der Waals surface area (Å²) < 4.78 is 38.7. The van der Waals surface area contributed by atoms with Crippen molar-refractivity contribution in [2.24, 2.45) is 0 Å². The molecular formula is C19H15ClN2O6S. The highest BCUT2D eigenvalue weighted by Gasteiger charge is 2.20. The van der Waals surface area contributed by atoms with E-state index in [0.717, 1.165) is 6.07 Å². The van der Waals surface area contributed by atoms with Gasteiger partial charge >= 0.3 is 0 Å². The average Bonchev–Trinajstić information content (AvgIpc) is 2.70. The van der Waals surface area contributed by atoms with E-state index in [-0.39, 0.29) is 27.0 Å². The van der Waals surface area contributed by atoms with Crippen LogP contribution in [-0.2, 0) is 10.0 Å². The highest BCUT2D eigenvalue weighted by Crippen LogP contribution is 2.34. The van der Waals surface area contributed by atoms with Gasteiger partial charge in [0.15, 0.2) is 5.75 Å². The lowest BCUT2D eigenvalue weighted by Crippen LogP contribution is -2.13. The molecule has 0 fully saturated rings. The molecule has 10 heteroatoms. The van der Waals surface area contributed by atoms with Crippen LogP contribution in [0.5, 0.6) is 17.2 Å². The number of non-ortho nitro benzene ring substituents is 1. The zero-order valence-electron chi connectivity index (χ0n) is 15.0. The lowest BCUT2D eigenvalue weighted by Gasteiger charge is -2.14. The van der Waals surface area contributed by atoms with Crippen LogP contribution in [0.3, 0.4) is 0 Å². The van der Waals surface area contributed by atoms with E-state index in [1.807, 2.05) is 0 Å². The smallest absolute Gasteiger partial charge is 0.270 e. The number of hydrogen-bond donors (Lipinski definition) is 1. The highest BCUT2D eigenvalue weighted by molar-refractivity contribution is 7.92. The van der Waals surface area contributed by atoms with E-state index in [4.69, 9.17) is 21.1 Å². The quantitative estimate of drug-likeness (QED) is 0.420. The van der Waals surface area contributed by atoms with Crippen LogP contribution in [-0.4, -0.2) is 20.5 Å². The van der Waals surface area contributed by atoms with E-state index >= 15 is 0 Å². The summed E-state index contributed by atoms with van der Waals surface area (Å²) in [7, 11) is -2.59. The van der Waals surface area contributed by atoms with Gasteiger partial charge in [-0.1, -0.05) is 17.7 Å². The topological polar surface area (TPSA) is 108 Å². The monoisotopic (exact) mass is 434 g/mol. The van der Waals surface area contributed by atoms with Crippen LogP contribution in [0.4, 0.5) is 11.4 Å². The number of benzene rings is 3. The SMILES string of the molecule is COc1ccc(Oc2ccc(Cl)cc2NS(=O)(=O)c2cccc([N+](=O)[O-])c2)cc1. The van der Waals surface area contributed by atoms with Gasteiger partial charge in [-0.25, -0.2) is 8.42 Å². The van der Waals surface area contributed by atoms with Crippen molar-refractivity contribution in [3.05, 3.63) is 81.9 Å². The first-order valence-electron chi connectivity index (χ1n) is 8.17. The maximum atomic E-state index is 12.7. The third-order valence-corrected chi connectivity index (χ3v) is 5.41. The molecule has 0 saturated heterocycles. The largest absolute Gasteiger partial charge is 0.497 e. The van der Waals surface area contributed by atoms with Crippen molar-refractivity contribution in [1.82, 2.24) is 0 Å². The van der Waals surface area contributed by atoms with Gasteiger partial charge in [-0.2, -0.15) is 0 Å². The molecule has 29 heavy (non-hydrogen) atoms. The number of halogens is 1. The summed E-state index contributed by atoms with van der Waals surface area (Å²) in [5.74, 6) is 1.29. The molecule has 8 nitrogen and oxygen atoms in total. The van der Waals surface area contributed by atoms with E-state index in [2.05, 4.69) is 4.72 Å². The molecule has 0 aliphatic rings. The van der Waals surface area contributed by atoms with Crippen molar-refractivity contribution in [2.45, 2.75) is 4.90 Å².